The molecule has 0 bridgehead atoms. The summed E-state index contributed by atoms with van der Waals surface area (Å²) in [5.41, 5.74) is 0. The molecule has 0 radical (unpaired) electrons. The first kappa shape index (κ1) is 21.1. The van der Waals surface area contributed by atoms with Gasteiger partial charge in [-0.1, -0.05) is 54.7 Å². The zero-order valence-corrected chi connectivity index (χ0v) is 18.6. The first-order valence-corrected chi connectivity index (χ1v) is 11.9. The standard InChI is InChI=1S/C18H20N4O2S4/c1-2-15-20-21-17(28-15)19-14(23)8-4-3-5-9-22-16(24)13(27-18(22)25)11-12-7-6-10-26-12/h6-7,10-11H,2-5,8-9H2,1H3,(H,19,21,23). The van der Waals surface area contributed by atoms with E-state index in [4.69, 9.17) is 12.2 Å². The molecule has 3 rings (SSSR count). The van der Waals surface area contributed by atoms with Crippen molar-refractivity contribution in [2.45, 2.75) is 39.0 Å². The number of aryl methyl sites for hydroxylation is 1. The number of amides is 2. The quantitative estimate of drug-likeness (QED) is 0.341. The number of nitrogens with one attached hydrogen (secondary N) is 1. The number of carbonyl (C=O) groups excluding carboxylic acids is 2. The fourth-order valence-corrected chi connectivity index (χ4v) is 5.28. The van der Waals surface area contributed by atoms with Gasteiger partial charge >= 0.3 is 0 Å². The maximum Gasteiger partial charge on any atom is 0.266 e. The average Bonchev–Trinajstić information content (AvgIpc) is 3.39. The van der Waals surface area contributed by atoms with Crippen LogP contribution in [0.3, 0.4) is 0 Å². The average molecular weight is 453 g/mol. The molecule has 1 aliphatic heterocycles. The minimum Gasteiger partial charge on any atom is -0.301 e. The third-order valence-electron chi connectivity index (χ3n) is 3.99. The van der Waals surface area contributed by atoms with E-state index in [1.807, 2.05) is 30.5 Å². The second kappa shape index (κ2) is 10.2. The number of hydrogen-bond donors (Lipinski definition) is 1. The second-order valence-corrected chi connectivity index (χ2v) is 9.78. The summed E-state index contributed by atoms with van der Waals surface area (Å²) >= 11 is 9.70. The lowest BCUT2D eigenvalue weighted by Crippen LogP contribution is -2.29. The molecule has 0 spiro atoms. The third kappa shape index (κ3) is 5.69. The molecule has 0 aromatic carbocycles. The van der Waals surface area contributed by atoms with Gasteiger partial charge in [0.1, 0.15) is 9.33 Å². The Morgan fingerprint density at radius 3 is 2.89 bits per heavy atom. The minimum absolute atomic E-state index is 0.0239. The summed E-state index contributed by atoms with van der Waals surface area (Å²) in [5, 5.41) is 14.2. The van der Waals surface area contributed by atoms with E-state index in [1.54, 1.807) is 16.2 Å². The molecule has 2 aromatic heterocycles. The highest BCUT2D eigenvalue weighted by Crippen LogP contribution is 2.33. The molecule has 2 aromatic rings. The molecule has 148 valence electrons. The van der Waals surface area contributed by atoms with Gasteiger partial charge in [-0.25, -0.2) is 0 Å². The molecule has 0 aliphatic carbocycles. The van der Waals surface area contributed by atoms with E-state index in [2.05, 4.69) is 15.5 Å². The van der Waals surface area contributed by atoms with Gasteiger partial charge in [0, 0.05) is 17.8 Å². The lowest BCUT2D eigenvalue weighted by Gasteiger charge is -2.13. The molecule has 1 fully saturated rings. The second-order valence-electron chi connectivity index (χ2n) is 6.06. The fourth-order valence-electron chi connectivity index (χ4n) is 2.56. The number of hydrogen-bond acceptors (Lipinski definition) is 8. The molecule has 28 heavy (non-hydrogen) atoms. The Hall–Kier alpha value is -1.62. The first-order chi connectivity index (χ1) is 13.6. The van der Waals surface area contributed by atoms with Crippen molar-refractivity contribution in [2.24, 2.45) is 0 Å². The Bertz CT molecular complexity index is 876. The summed E-state index contributed by atoms with van der Waals surface area (Å²) in [6.45, 7) is 2.59. The lowest BCUT2D eigenvalue weighted by molar-refractivity contribution is -0.122. The topological polar surface area (TPSA) is 75.2 Å². The fraction of sp³-hybridized carbons (Fsp3) is 0.389. The van der Waals surface area contributed by atoms with Crippen molar-refractivity contribution >= 4 is 74.0 Å². The normalized spacial score (nSPS) is 15.6. The van der Waals surface area contributed by atoms with Crippen LogP contribution in [0.2, 0.25) is 0 Å². The van der Waals surface area contributed by atoms with Crippen LogP contribution in [-0.2, 0) is 16.0 Å². The number of anilines is 1. The van der Waals surface area contributed by atoms with Crippen molar-refractivity contribution in [1.82, 2.24) is 15.1 Å². The number of thiophene rings is 1. The molecular formula is C18H20N4O2S4. The molecule has 3 heterocycles. The minimum atomic E-state index is -0.0525. The Morgan fingerprint density at radius 2 is 2.18 bits per heavy atom. The van der Waals surface area contributed by atoms with E-state index < -0.39 is 0 Å². The van der Waals surface area contributed by atoms with Crippen molar-refractivity contribution < 1.29 is 9.59 Å². The van der Waals surface area contributed by atoms with E-state index >= 15 is 0 Å². The van der Waals surface area contributed by atoms with Crippen LogP contribution in [-0.4, -0.2) is 37.8 Å². The van der Waals surface area contributed by atoms with Gasteiger partial charge < -0.3 is 5.32 Å². The van der Waals surface area contributed by atoms with Crippen molar-refractivity contribution in [3.8, 4) is 0 Å². The van der Waals surface area contributed by atoms with Gasteiger partial charge in [0.05, 0.1) is 4.91 Å². The highest BCUT2D eigenvalue weighted by atomic mass is 32.2. The van der Waals surface area contributed by atoms with Gasteiger partial charge in [-0.05, 0) is 36.8 Å². The van der Waals surface area contributed by atoms with Gasteiger partial charge in [0.25, 0.3) is 5.91 Å². The predicted octanol–water partition coefficient (Wildman–Crippen LogP) is 4.56. The van der Waals surface area contributed by atoms with Crippen LogP contribution in [0.15, 0.2) is 22.4 Å². The van der Waals surface area contributed by atoms with E-state index in [1.165, 1.54) is 23.1 Å². The molecule has 2 amide bonds. The number of thiocarbonyl (C=S) groups is 1. The zero-order chi connectivity index (χ0) is 19.9. The van der Waals surface area contributed by atoms with Crippen molar-refractivity contribution in [3.63, 3.8) is 0 Å². The maximum absolute atomic E-state index is 12.5. The van der Waals surface area contributed by atoms with Gasteiger partial charge in [-0.15, -0.1) is 21.5 Å². The summed E-state index contributed by atoms with van der Waals surface area (Å²) in [4.78, 5) is 27.9. The molecule has 1 saturated heterocycles. The van der Waals surface area contributed by atoms with Crippen molar-refractivity contribution in [1.29, 1.82) is 0 Å². The maximum atomic E-state index is 12.5. The van der Waals surface area contributed by atoms with Crippen LogP contribution in [0, 0.1) is 0 Å². The number of aromatic nitrogens is 2. The molecule has 1 N–H and O–H groups in total. The van der Waals surface area contributed by atoms with E-state index in [9.17, 15) is 9.59 Å². The van der Waals surface area contributed by atoms with E-state index in [-0.39, 0.29) is 11.8 Å². The monoisotopic (exact) mass is 452 g/mol. The summed E-state index contributed by atoms with van der Waals surface area (Å²) in [5.74, 6) is -0.0764. The van der Waals surface area contributed by atoms with E-state index in [0.29, 0.717) is 27.3 Å². The van der Waals surface area contributed by atoms with Crippen LogP contribution in [0.5, 0.6) is 0 Å². The van der Waals surface area contributed by atoms with Crippen LogP contribution in [0.1, 0.15) is 42.5 Å². The highest BCUT2D eigenvalue weighted by molar-refractivity contribution is 8.26. The summed E-state index contributed by atoms with van der Waals surface area (Å²) in [6, 6.07) is 3.94. The molecule has 0 unspecified atom stereocenters. The number of unbranched alkanes of at least 4 members (excludes halogenated alkanes) is 2. The van der Waals surface area contributed by atoms with Gasteiger partial charge in [-0.2, -0.15) is 0 Å². The molecule has 0 saturated carbocycles. The van der Waals surface area contributed by atoms with Crippen LogP contribution in [0.4, 0.5) is 5.13 Å². The van der Waals surface area contributed by atoms with Crippen molar-refractivity contribution in [3.05, 3.63) is 32.3 Å². The van der Waals surface area contributed by atoms with Crippen molar-refractivity contribution in [2.75, 3.05) is 11.9 Å². The Balaban J connectivity index is 1.37. The smallest absolute Gasteiger partial charge is 0.266 e. The largest absolute Gasteiger partial charge is 0.301 e. The van der Waals surface area contributed by atoms with E-state index in [0.717, 1.165) is 35.6 Å². The lowest BCUT2D eigenvalue weighted by atomic mass is 10.2. The van der Waals surface area contributed by atoms with Gasteiger partial charge in [-0.3, -0.25) is 14.5 Å². The first-order valence-electron chi connectivity index (χ1n) is 8.98. The van der Waals surface area contributed by atoms with Gasteiger partial charge in [0.2, 0.25) is 11.0 Å². The van der Waals surface area contributed by atoms with Crippen LogP contribution >= 0.6 is 46.7 Å². The number of thioether (sulfide) groups is 1. The molecular weight excluding hydrogens is 432 g/mol. The molecule has 6 nitrogen and oxygen atoms in total. The summed E-state index contributed by atoms with van der Waals surface area (Å²) < 4.78 is 0.605. The van der Waals surface area contributed by atoms with Crippen LogP contribution < -0.4 is 5.32 Å². The number of carbonyl (C=O) groups is 2. The molecule has 1 aliphatic rings. The third-order valence-corrected chi connectivity index (χ3v) is 7.17. The predicted molar refractivity (Wildman–Crippen MR) is 121 cm³/mol. The Morgan fingerprint density at radius 1 is 1.32 bits per heavy atom. The Kier molecular flexibility index (Phi) is 7.72. The SMILES string of the molecule is CCc1nnc(NC(=O)CCCCCN2C(=O)C(=Cc3cccs3)SC2=S)s1. The molecule has 10 heteroatoms. The van der Waals surface area contributed by atoms with Crippen LogP contribution in [0.25, 0.3) is 6.08 Å². The summed E-state index contributed by atoms with van der Waals surface area (Å²) in [7, 11) is 0. The number of nitrogens with zero attached hydrogens (tertiary/aromatic N) is 3. The Labute approximate surface area is 181 Å². The zero-order valence-electron chi connectivity index (χ0n) is 15.3. The highest BCUT2D eigenvalue weighted by Gasteiger charge is 2.31. The van der Waals surface area contributed by atoms with Gasteiger partial charge in [0.15, 0.2) is 0 Å². The number of rotatable bonds is 9. The summed E-state index contributed by atoms with van der Waals surface area (Å²) in [6.07, 6.45) is 5.55. The molecule has 0 atom stereocenters.